The van der Waals surface area contributed by atoms with Crippen LogP contribution in [0.1, 0.15) is 133 Å². The van der Waals surface area contributed by atoms with Crippen molar-refractivity contribution in [1.82, 2.24) is 0 Å². The second kappa shape index (κ2) is 27.5. The summed E-state index contributed by atoms with van der Waals surface area (Å²) in [6, 6.07) is 0. The van der Waals surface area contributed by atoms with Gasteiger partial charge in [-0.1, -0.05) is 64.7 Å². The smallest absolute Gasteiger partial charge is 0.303 e. The third-order valence-corrected chi connectivity index (χ3v) is 12.2. The summed E-state index contributed by atoms with van der Waals surface area (Å²) in [6.45, 7) is 13.9. The van der Waals surface area contributed by atoms with Gasteiger partial charge in [-0.2, -0.15) is 0 Å². The molecule has 4 fully saturated rings. The molecule has 20 atom stereocenters. The molecule has 0 unspecified atom stereocenters. The summed E-state index contributed by atoms with van der Waals surface area (Å²) >= 11 is 0. The quantitative estimate of drug-likeness (QED) is 0.0648. The SMILES string of the molecule is CCCCCCCCCCCCO[C@@H]1O[C@@H](C)[C@H](O[C@@H]2O[C@@H](C)[C@H](OC(C)=O)[C@@H](O[C@@H]3O[C@@H](C)[C@H](OC(C)=O)[C@@H](O[C@@H]4O[C@@H](C)[C@H](O)[C@@H](OC(C)=O)[C@H]4OC(C)=O)[C@H]3OC(C)=O)[C@H]2O)[C@@H](O)[C@H]1O. The van der Waals surface area contributed by atoms with Crippen molar-refractivity contribution in [3.8, 4) is 0 Å². The van der Waals surface area contributed by atoms with E-state index >= 15 is 0 Å². The van der Waals surface area contributed by atoms with Gasteiger partial charge in [0.1, 0.15) is 42.7 Å². The monoisotopic (exact) mass is 980 g/mol. The van der Waals surface area contributed by atoms with Gasteiger partial charge in [-0.15, -0.1) is 0 Å². The van der Waals surface area contributed by atoms with Crippen molar-refractivity contribution in [3.63, 3.8) is 0 Å². The standard InChI is InChI=1S/C46H76O22/c1-11-12-13-14-15-16-17-18-19-20-21-56-43-33(54)32(53)35(23(3)58-43)66-44-34(55)39(36(24(4)59-44)61-26(6)47)67-46-42(65-30(10)51)40(37(25(5)60-46)62-27(7)48)68-45-41(64-29(9)50)38(63-28(8)49)31(52)22(2)57-45/h22-25,31-46,52-55H,11-21H2,1-10H3/t22-,23-,24-,25-,31-,32-,33+,34+,35-,36-,37-,38+,39-,40+,41+,42+,43+,44-,45-,46-/m0/s1. The van der Waals surface area contributed by atoms with Gasteiger partial charge in [0, 0.05) is 41.2 Å². The molecule has 0 spiro atoms. The Morgan fingerprint density at radius 1 is 0.368 bits per heavy atom. The first-order valence-corrected chi connectivity index (χ1v) is 23.9. The van der Waals surface area contributed by atoms with Gasteiger partial charge in [-0.05, 0) is 34.1 Å². The van der Waals surface area contributed by atoms with Crippen LogP contribution in [0.3, 0.4) is 0 Å². The third kappa shape index (κ3) is 16.2. The van der Waals surface area contributed by atoms with Crippen LogP contribution in [0, 0.1) is 0 Å². The van der Waals surface area contributed by atoms with Crippen molar-refractivity contribution in [3.05, 3.63) is 0 Å². The van der Waals surface area contributed by atoms with Gasteiger partial charge < -0.3 is 82.0 Å². The van der Waals surface area contributed by atoms with E-state index in [9.17, 15) is 44.4 Å². The maximum absolute atomic E-state index is 12.8. The zero-order chi connectivity index (χ0) is 50.4. The van der Waals surface area contributed by atoms with E-state index in [1.165, 1.54) is 59.3 Å². The molecular weight excluding hydrogens is 904 g/mol. The van der Waals surface area contributed by atoms with E-state index in [4.69, 9.17) is 61.6 Å². The number of hydrogen-bond acceptors (Lipinski definition) is 22. The van der Waals surface area contributed by atoms with Gasteiger partial charge in [0.05, 0.1) is 24.4 Å². The van der Waals surface area contributed by atoms with Crippen molar-refractivity contribution < 1.29 is 106 Å². The number of esters is 5. The number of unbranched alkanes of at least 4 members (excludes halogenated alkanes) is 9. The summed E-state index contributed by atoms with van der Waals surface area (Å²) in [5.41, 5.74) is 0. The Kier molecular flexibility index (Phi) is 23.2. The molecule has 0 bridgehead atoms. The lowest BCUT2D eigenvalue weighted by Crippen LogP contribution is -2.68. The van der Waals surface area contributed by atoms with Crippen LogP contribution < -0.4 is 0 Å². The van der Waals surface area contributed by atoms with Gasteiger partial charge in [0.2, 0.25) is 0 Å². The van der Waals surface area contributed by atoms with Crippen molar-refractivity contribution >= 4 is 29.8 Å². The molecule has 4 aliphatic rings. The third-order valence-electron chi connectivity index (χ3n) is 12.2. The van der Waals surface area contributed by atoms with Crippen LogP contribution in [0.5, 0.6) is 0 Å². The van der Waals surface area contributed by atoms with Gasteiger partial charge in [0.25, 0.3) is 0 Å². The molecule has 4 aliphatic heterocycles. The molecule has 22 nitrogen and oxygen atoms in total. The Balaban J connectivity index is 1.55. The Hall–Kier alpha value is -3.13. The van der Waals surface area contributed by atoms with Crippen molar-refractivity contribution in [2.45, 2.75) is 256 Å². The van der Waals surface area contributed by atoms with Crippen molar-refractivity contribution in [1.29, 1.82) is 0 Å². The van der Waals surface area contributed by atoms with E-state index in [1.807, 2.05) is 0 Å². The van der Waals surface area contributed by atoms with Gasteiger partial charge in [-0.3, -0.25) is 24.0 Å². The molecule has 22 heteroatoms. The van der Waals surface area contributed by atoms with Crippen LogP contribution in [0.2, 0.25) is 0 Å². The summed E-state index contributed by atoms with van der Waals surface area (Å²) in [5.74, 6) is -4.23. The molecule has 68 heavy (non-hydrogen) atoms. The van der Waals surface area contributed by atoms with E-state index in [0.717, 1.165) is 60.3 Å². The highest BCUT2D eigenvalue weighted by molar-refractivity contribution is 5.68. The predicted octanol–water partition coefficient (Wildman–Crippen LogP) is 2.16. The minimum absolute atomic E-state index is 0.295. The topological polar surface area (TPSA) is 286 Å². The zero-order valence-corrected chi connectivity index (χ0v) is 41.0. The lowest BCUT2D eigenvalue weighted by molar-refractivity contribution is -0.385. The molecule has 0 aromatic rings. The Morgan fingerprint density at radius 2 is 0.735 bits per heavy atom. The largest absolute Gasteiger partial charge is 0.457 e. The molecule has 0 saturated carbocycles. The van der Waals surface area contributed by atoms with Crippen LogP contribution in [-0.4, -0.2) is 180 Å². The normalized spacial score (nSPS) is 38.5. The summed E-state index contributed by atoms with van der Waals surface area (Å²) in [4.78, 5) is 62.3. The van der Waals surface area contributed by atoms with Crippen LogP contribution in [0.25, 0.3) is 0 Å². The van der Waals surface area contributed by atoms with Crippen LogP contribution in [0.4, 0.5) is 0 Å². The van der Waals surface area contributed by atoms with E-state index < -0.39 is 153 Å². The second-order valence-electron chi connectivity index (χ2n) is 18.0. The van der Waals surface area contributed by atoms with Crippen LogP contribution in [-0.2, 0) is 85.6 Å². The van der Waals surface area contributed by atoms with Crippen LogP contribution in [0.15, 0.2) is 0 Å². The van der Waals surface area contributed by atoms with E-state index in [1.54, 1.807) is 6.92 Å². The fraction of sp³-hybridized carbons (Fsp3) is 0.891. The molecule has 4 rings (SSSR count). The molecule has 0 aromatic heterocycles. The van der Waals surface area contributed by atoms with E-state index in [0.29, 0.717) is 6.61 Å². The second-order valence-corrected chi connectivity index (χ2v) is 18.0. The Morgan fingerprint density at radius 3 is 1.25 bits per heavy atom. The summed E-state index contributed by atoms with van der Waals surface area (Å²) in [6.07, 6.45) is -17.8. The lowest BCUT2D eigenvalue weighted by atomic mass is 9.95. The molecule has 0 aromatic carbocycles. The highest BCUT2D eigenvalue weighted by Crippen LogP contribution is 2.38. The molecule has 4 saturated heterocycles. The number of carbonyl (C=O) groups excluding carboxylic acids is 5. The Labute approximate surface area is 398 Å². The average Bonchev–Trinajstić information content (AvgIpc) is 3.25. The summed E-state index contributed by atoms with van der Waals surface area (Å²) < 4.78 is 76.5. The number of hydrogen-bond donors (Lipinski definition) is 4. The fourth-order valence-electron chi connectivity index (χ4n) is 8.84. The number of ether oxygens (including phenoxy) is 13. The zero-order valence-electron chi connectivity index (χ0n) is 41.0. The van der Waals surface area contributed by atoms with E-state index in [2.05, 4.69) is 6.92 Å². The van der Waals surface area contributed by atoms with E-state index in [-0.39, 0.29) is 0 Å². The fourth-order valence-corrected chi connectivity index (χ4v) is 8.84. The van der Waals surface area contributed by atoms with Crippen molar-refractivity contribution in [2.75, 3.05) is 6.61 Å². The van der Waals surface area contributed by atoms with Gasteiger partial charge in [0.15, 0.2) is 55.7 Å². The maximum Gasteiger partial charge on any atom is 0.303 e. The number of rotatable bonds is 23. The minimum Gasteiger partial charge on any atom is -0.457 e. The molecule has 0 amide bonds. The van der Waals surface area contributed by atoms with Crippen LogP contribution >= 0.6 is 0 Å². The molecule has 0 aliphatic carbocycles. The molecular formula is C46H76O22. The van der Waals surface area contributed by atoms with Gasteiger partial charge in [-0.25, -0.2) is 0 Å². The highest BCUT2D eigenvalue weighted by atomic mass is 16.8. The molecule has 4 N–H and O–H groups in total. The molecule has 4 heterocycles. The molecule has 0 radical (unpaired) electrons. The first-order chi connectivity index (χ1) is 32.1. The first kappa shape index (κ1) is 57.4. The molecule has 392 valence electrons. The minimum atomic E-state index is -1.86. The number of aliphatic hydroxyl groups is 4. The van der Waals surface area contributed by atoms with Gasteiger partial charge >= 0.3 is 29.8 Å². The summed E-state index contributed by atoms with van der Waals surface area (Å²) in [7, 11) is 0. The number of carbonyl (C=O) groups is 5. The maximum atomic E-state index is 12.8. The Bertz CT molecular complexity index is 1600. The highest BCUT2D eigenvalue weighted by Gasteiger charge is 2.58. The first-order valence-electron chi connectivity index (χ1n) is 23.9. The predicted molar refractivity (Wildman–Crippen MR) is 232 cm³/mol. The lowest BCUT2D eigenvalue weighted by Gasteiger charge is -2.50. The number of aliphatic hydroxyl groups excluding tert-OH is 4. The average molecular weight is 981 g/mol. The summed E-state index contributed by atoms with van der Waals surface area (Å²) in [5, 5.41) is 45.4. The van der Waals surface area contributed by atoms with Crippen molar-refractivity contribution in [2.24, 2.45) is 0 Å².